The third-order valence-electron chi connectivity index (χ3n) is 9.62. The number of aromatic nitrogens is 2. The zero-order valence-corrected chi connectivity index (χ0v) is 24.7. The van der Waals surface area contributed by atoms with Gasteiger partial charge >= 0.3 is 0 Å². The van der Waals surface area contributed by atoms with Crippen LogP contribution in [0.25, 0.3) is 5.57 Å². The molecule has 0 bridgehead atoms. The molecule has 2 unspecified atom stereocenters. The first-order valence-corrected chi connectivity index (χ1v) is 15.8. The highest BCUT2D eigenvalue weighted by molar-refractivity contribution is 5.99. The molecule has 2 atom stereocenters. The number of benzene rings is 1. The van der Waals surface area contributed by atoms with Gasteiger partial charge in [0, 0.05) is 56.2 Å². The average molecular weight is 558 g/mol. The smallest absolute Gasteiger partial charge is 0.258 e. The molecule has 3 heterocycles. The minimum atomic E-state index is -0.297. The highest BCUT2D eigenvalue weighted by atomic mass is 19.1. The predicted octanol–water partition coefficient (Wildman–Crippen LogP) is 7.17. The van der Waals surface area contributed by atoms with Gasteiger partial charge in [0.1, 0.15) is 5.83 Å². The lowest BCUT2D eigenvalue weighted by Gasteiger charge is -2.41. The molecule has 6 nitrogen and oxygen atoms in total. The van der Waals surface area contributed by atoms with Gasteiger partial charge in [-0.15, -0.1) is 0 Å². The van der Waals surface area contributed by atoms with Crippen molar-refractivity contribution in [3.63, 3.8) is 0 Å². The second kappa shape index (κ2) is 12.3. The molecule has 1 aromatic carbocycles. The van der Waals surface area contributed by atoms with Crippen LogP contribution in [0.4, 0.5) is 16.0 Å². The molecule has 2 aliphatic heterocycles. The van der Waals surface area contributed by atoms with Crippen molar-refractivity contribution < 1.29 is 9.18 Å². The van der Waals surface area contributed by atoms with E-state index < -0.39 is 0 Å². The minimum Gasteiger partial charge on any atom is -0.372 e. The summed E-state index contributed by atoms with van der Waals surface area (Å²) < 4.78 is 15.2. The molecule has 0 N–H and O–H groups in total. The van der Waals surface area contributed by atoms with Gasteiger partial charge in [0.05, 0.1) is 11.3 Å². The molecular weight excluding hydrogens is 513 g/mol. The van der Waals surface area contributed by atoms with Gasteiger partial charge < -0.3 is 14.7 Å². The van der Waals surface area contributed by atoms with Crippen LogP contribution < -0.4 is 9.80 Å². The number of nitrogens with zero attached hydrogens (tertiary/aromatic N) is 5. The second-order valence-electron chi connectivity index (χ2n) is 12.6. The Balaban J connectivity index is 1.28. The van der Waals surface area contributed by atoms with Crippen molar-refractivity contribution in [3.8, 4) is 0 Å². The summed E-state index contributed by atoms with van der Waals surface area (Å²) in [5, 5.41) is 0. The van der Waals surface area contributed by atoms with Gasteiger partial charge in [0.25, 0.3) is 5.91 Å². The SMILES string of the molecule is CC(C)N(Cc1ccc(N2CCCC2)cc1)C(=O)c1cnc(N2CCC3CCCCC3C2)nc1C1=C(F)C=CCC1. The summed E-state index contributed by atoms with van der Waals surface area (Å²) in [6.07, 6.45) is 15.2. The lowest BCUT2D eigenvalue weighted by Crippen LogP contribution is -2.43. The highest BCUT2D eigenvalue weighted by Gasteiger charge is 2.33. The van der Waals surface area contributed by atoms with Crippen LogP contribution in [0.1, 0.15) is 93.3 Å². The van der Waals surface area contributed by atoms with Crippen molar-refractivity contribution in [2.75, 3.05) is 36.0 Å². The summed E-state index contributed by atoms with van der Waals surface area (Å²) in [5.74, 6) is 1.66. The number of hydrogen-bond donors (Lipinski definition) is 0. The standard InChI is InChI=1S/C34H44FN5O/c1-24(2)40(22-25-13-15-28(16-14-25)38-18-7-8-19-38)33(41)30-21-36-34(37-32(30)29-11-5-6-12-31(29)35)39-20-17-26-9-3-4-10-27(26)23-39/h6,12-16,21,24,26-27H,3-5,7-11,17-20,22-23H2,1-2H3. The molecule has 7 heteroatoms. The topological polar surface area (TPSA) is 52.6 Å². The number of rotatable bonds is 7. The number of amides is 1. The number of allylic oxidation sites excluding steroid dienone is 4. The summed E-state index contributed by atoms with van der Waals surface area (Å²) in [5.41, 5.74) is 3.69. The van der Waals surface area contributed by atoms with Gasteiger partial charge in [-0.1, -0.05) is 37.5 Å². The fourth-order valence-electron chi connectivity index (χ4n) is 7.19. The van der Waals surface area contributed by atoms with E-state index in [4.69, 9.17) is 9.97 Å². The largest absolute Gasteiger partial charge is 0.372 e. The minimum absolute atomic E-state index is 0.0382. The monoisotopic (exact) mass is 557 g/mol. The van der Waals surface area contributed by atoms with Gasteiger partial charge in [-0.25, -0.2) is 14.4 Å². The van der Waals surface area contributed by atoms with Gasteiger partial charge in [-0.2, -0.15) is 0 Å². The lowest BCUT2D eigenvalue weighted by atomic mass is 9.75. The number of carbonyl (C=O) groups is 1. The van der Waals surface area contributed by atoms with Gasteiger partial charge in [0.2, 0.25) is 5.95 Å². The molecule has 2 saturated heterocycles. The summed E-state index contributed by atoms with van der Waals surface area (Å²) in [4.78, 5) is 30.4. The Morgan fingerprint density at radius 1 is 1.00 bits per heavy atom. The first-order chi connectivity index (χ1) is 20.0. The van der Waals surface area contributed by atoms with Crippen LogP contribution in [0.5, 0.6) is 0 Å². The Kier molecular flexibility index (Phi) is 8.40. The molecule has 1 saturated carbocycles. The lowest BCUT2D eigenvalue weighted by molar-refractivity contribution is 0.0689. The van der Waals surface area contributed by atoms with E-state index in [2.05, 4.69) is 34.1 Å². The molecular formula is C34H44FN5O. The van der Waals surface area contributed by atoms with Crippen LogP contribution in [0, 0.1) is 11.8 Å². The summed E-state index contributed by atoms with van der Waals surface area (Å²) in [7, 11) is 0. The zero-order valence-electron chi connectivity index (χ0n) is 24.7. The van der Waals surface area contributed by atoms with Crippen LogP contribution >= 0.6 is 0 Å². The van der Waals surface area contributed by atoms with Crippen molar-refractivity contribution in [3.05, 3.63) is 65.3 Å². The van der Waals surface area contributed by atoms with E-state index in [1.807, 2.05) is 24.8 Å². The number of piperidine rings is 1. The number of carbonyl (C=O) groups excluding carboxylic acids is 1. The molecule has 0 radical (unpaired) electrons. The maximum atomic E-state index is 15.2. The molecule has 218 valence electrons. The van der Waals surface area contributed by atoms with Crippen LogP contribution in [-0.4, -0.2) is 53.0 Å². The second-order valence-corrected chi connectivity index (χ2v) is 12.6. The van der Waals surface area contributed by atoms with Crippen LogP contribution in [0.3, 0.4) is 0 Å². The maximum Gasteiger partial charge on any atom is 0.258 e. The number of halogens is 1. The zero-order chi connectivity index (χ0) is 28.3. The summed E-state index contributed by atoms with van der Waals surface area (Å²) in [6.45, 7) is 8.62. The van der Waals surface area contributed by atoms with E-state index in [0.717, 1.165) is 50.5 Å². The molecule has 3 fully saturated rings. The van der Waals surface area contributed by atoms with Crippen molar-refractivity contribution in [2.45, 2.75) is 84.2 Å². The Labute approximate surface area is 244 Å². The molecule has 1 amide bonds. The van der Waals surface area contributed by atoms with Crippen molar-refractivity contribution in [2.24, 2.45) is 11.8 Å². The van der Waals surface area contributed by atoms with E-state index >= 15 is 4.39 Å². The number of anilines is 2. The van der Waals surface area contributed by atoms with Crippen LogP contribution in [0.2, 0.25) is 0 Å². The van der Waals surface area contributed by atoms with E-state index in [9.17, 15) is 4.79 Å². The fraction of sp³-hybridized carbons (Fsp3) is 0.559. The summed E-state index contributed by atoms with van der Waals surface area (Å²) >= 11 is 0. The third kappa shape index (κ3) is 6.05. The number of fused-ring (bicyclic) bond motifs is 1. The van der Waals surface area contributed by atoms with Crippen LogP contribution in [-0.2, 0) is 6.54 Å². The van der Waals surface area contributed by atoms with Gasteiger partial charge in [-0.05, 0) is 88.0 Å². The van der Waals surface area contributed by atoms with Crippen molar-refractivity contribution in [1.29, 1.82) is 0 Å². The fourth-order valence-corrected chi connectivity index (χ4v) is 7.19. The van der Waals surface area contributed by atoms with E-state index in [0.29, 0.717) is 41.7 Å². The third-order valence-corrected chi connectivity index (χ3v) is 9.62. The predicted molar refractivity (Wildman–Crippen MR) is 164 cm³/mol. The number of hydrogen-bond acceptors (Lipinski definition) is 5. The van der Waals surface area contributed by atoms with E-state index in [1.165, 1.54) is 50.3 Å². The molecule has 0 spiro atoms. The molecule has 1 aromatic heterocycles. The molecule has 2 aromatic rings. The summed E-state index contributed by atoms with van der Waals surface area (Å²) in [6, 6.07) is 8.54. The molecule has 2 aliphatic carbocycles. The average Bonchev–Trinajstić information content (AvgIpc) is 3.55. The highest BCUT2D eigenvalue weighted by Crippen LogP contribution is 2.38. The van der Waals surface area contributed by atoms with Crippen molar-refractivity contribution >= 4 is 23.1 Å². The Morgan fingerprint density at radius 2 is 1.76 bits per heavy atom. The maximum absolute atomic E-state index is 15.2. The first-order valence-electron chi connectivity index (χ1n) is 15.8. The van der Waals surface area contributed by atoms with Crippen molar-refractivity contribution in [1.82, 2.24) is 14.9 Å². The molecule has 4 aliphatic rings. The van der Waals surface area contributed by atoms with Crippen LogP contribution in [0.15, 0.2) is 48.4 Å². The van der Waals surface area contributed by atoms with Gasteiger partial charge in [0.15, 0.2) is 0 Å². The molecule has 41 heavy (non-hydrogen) atoms. The quantitative estimate of drug-likeness (QED) is 0.361. The Hall–Kier alpha value is -3.22. The molecule has 6 rings (SSSR count). The van der Waals surface area contributed by atoms with Gasteiger partial charge in [-0.3, -0.25) is 4.79 Å². The Morgan fingerprint density at radius 3 is 2.49 bits per heavy atom. The normalized spacial score (nSPS) is 22.8. The first kappa shape index (κ1) is 27.9. The Bertz CT molecular complexity index is 1300. The van der Waals surface area contributed by atoms with E-state index in [-0.39, 0.29) is 17.8 Å². The van der Waals surface area contributed by atoms with E-state index in [1.54, 1.807) is 6.20 Å².